The molecule has 0 aromatic heterocycles. The molecule has 0 saturated carbocycles. The molecule has 0 fully saturated rings. The molecular weight excluding hydrogens is 364 g/mol. The lowest BCUT2D eigenvalue weighted by atomic mass is 10.0. The lowest BCUT2D eigenvalue weighted by molar-refractivity contribution is 0.410. The van der Waals surface area contributed by atoms with Crippen LogP contribution in [-0.4, -0.2) is 18.1 Å². The first-order valence-corrected chi connectivity index (χ1v) is 10.9. The maximum Gasteiger partial charge on any atom is 0.294 e. The number of unbranched alkanes of at least 4 members (excludes halogenated alkanes) is 6. The van der Waals surface area contributed by atoms with Crippen LogP contribution in [-0.2, 0) is 16.5 Å². The van der Waals surface area contributed by atoms with E-state index in [0.29, 0.717) is 12.0 Å². The Kier molecular flexibility index (Phi) is 8.13. The maximum absolute atomic E-state index is 11.8. The fourth-order valence-electron chi connectivity index (χ4n) is 2.99. The van der Waals surface area contributed by atoms with Gasteiger partial charge >= 0.3 is 0 Å². The Bertz CT molecular complexity index is 830. The zero-order valence-corrected chi connectivity index (χ0v) is 16.5. The molecule has 148 valence electrons. The van der Waals surface area contributed by atoms with Crippen molar-refractivity contribution >= 4 is 10.1 Å². The van der Waals surface area contributed by atoms with Crippen molar-refractivity contribution in [3.63, 3.8) is 0 Å². The summed E-state index contributed by atoms with van der Waals surface area (Å²) in [6.45, 7) is 2.18. The van der Waals surface area contributed by atoms with Crippen LogP contribution in [0, 0.1) is 0 Å². The number of para-hydroxylation sites is 2. The summed E-state index contributed by atoms with van der Waals surface area (Å²) in [5.41, 5.74) is 0.579. The van der Waals surface area contributed by atoms with E-state index in [4.69, 9.17) is 4.74 Å². The SMILES string of the molecule is CCCCCCCCCc1ccc(Oc2ccccc2O)cc1S(=O)(=O)O. The molecule has 0 atom stereocenters. The summed E-state index contributed by atoms with van der Waals surface area (Å²) >= 11 is 0. The van der Waals surface area contributed by atoms with E-state index >= 15 is 0 Å². The van der Waals surface area contributed by atoms with E-state index in [1.165, 1.54) is 37.8 Å². The predicted molar refractivity (Wildman–Crippen MR) is 106 cm³/mol. The minimum atomic E-state index is -4.36. The molecule has 2 aromatic carbocycles. The summed E-state index contributed by atoms with van der Waals surface area (Å²) in [5, 5.41) is 9.78. The monoisotopic (exact) mass is 392 g/mol. The molecule has 0 spiro atoms. The van der Waals surface area contributed by atoms with E-state index in [-0.39, 0.29) is 22.1 Å². The molecule has 2 N–H and O–H groups in total. The molecule has 0 bridgehead atoms. The fraction of sp³-hybridized carbons (Fsp3) is 0.429. The molecule has 0 heterocycles. The van der Waals surface area contributed by atoms with Gasteiger partial charge in [-0.1, -0.05) is 63.6 Å². The summed E-state index contributed by atoms with van der Waals surface area (Å²) in [4.78, 5) is -0.138. The van der Waals surface area contributed by atoms with Gasteiger partial charge in [0.25, 0.3) is 10.1 Å². The van der Waals surface area contributed by atoms with Crippen LogP contribution in [0.1, 0.15) is 57.4 Å². The standard InChI is InChI=1S/C21H28O5S/c1-2-3-4-5-6-7-8-11-17-14-15-18(16-21(17)27(23,24)25)26-20-13-10-9-12-19(20)22/h9-10,12-16,22H,2-8,11H2,1H3,(H,23,24,25). The molecule has 0 aliphatic rings. The van der Waals surface area contributed by atoms with Crippen molar-refractivity contribution < 1.29 is 22.8 Å². The van der Waals surface area contributed by atoms with Gasteiger partial charge < -0.3 is 9.84 Å². The molecule has 2 rings (SSSR count). The molecule has 2 aromatic rings. The fourth-order valence-corrected chi connectivity index (χ4v) is 3.75. The van der Waals surface area contributed by atoms with E-state index in [9.17, 15) is 18.1 Å². The van der Waals surface area contributed by atoms with E-state index in [1.54, 1.807) is 30.3 Å². The number of phenolic OH excluding ortho intramolecular Hbond substituents is 1. The van der Waals surface area contributed by atoms with Crippen molar-refractivity contribution in [2.75, 3.05) is 0 Å². The number of hydrogen-bond donors (Lipinski definition) is 2. The maximum atomic E-state index is 11.8. The quantitative estimate of drug-likeness (QED) is 0.377. The van der Waals surface area contributed by atoms with Crippen LogP contribution < -0.4 is 4.74 Å². The van der Waals surface area contributed by atoms with Crippen LogP contribution >= 0.6 is 0 Å². The second kappa shape index (κ2) is 10.3. The van der Waals surface area contributed by atoms with Crippen LogP contribution in [0.25, 0.3) is 0 Å². The van der Waals surface area contributed by atoms with E-state index < -0.39 is 10.1 Å². The van der Waals surface area contributed by atoms with Gasteiger partial charge in [0.15, 0.2) is 11.5 Å². The Hall–Kier alpha value is -2.05. The largest absolute Gasteiger partial charge is 0.504 e. The Balaban J connectivity index is 2.04. The third kappa shape index (κ3) is 6.88. The zero-order chi connectivity index (χ0) is 19.7. The Labute approximate surface area is 161 Å². The van der Waals surface area contributed by atoms with Crippen molar-refractivity contribution in [1.29, 1.82) is 0 Å². The Morgan fingerprint density at radius 3 is 2.26 bits per heavy atom. The second-order valence-corrected chi connectivity index (χ2v) is 8.08. The molecule has 0 radical (unpaired) electrons. The van der Waals surface area contributed by atoms with Crippen molar-refractivity contribution in [2.24, 2.45) is 0 Å². The van der Waals surface area contributed by atoms with Gasteiger partial charge in [-0.15, -0.1) is 0 Å². The van der Waals surface area contributed by atoms with Crippen molar-refractivity contribution in [3.05, 3.63) is 48.0 Å². The number of benzene rings is 2. The lowest BCUT2D eigenvalue weighted by Gasteiger charge is -2.12. The molecular formula is C21H28O5S. The summed E-state index contributed by atoms with van der Waals surface area (Å²) in [7, 11) is -4.36. The van der Waals surface area contributed by atoms with Gasteiger partial charge in [0.05, 0.1) is 0 Å². The van der Waals surface area contributed by atoms with Crippen molar-refractivity contribution in [1.82, 2.24) is 0 Å². The number of aromatic hydroxyl groups is 1. The molecule has 0 aliphatic carbocycles. The van der Waals surface area contributed by atoms with Gasteiger partial charge in [-0.3, -0.25) is 4.55 Å². The van der Waals surface area contributed by atoms with Crippen LogP contribution in [0.4, 0.5) is 0 Å². The highest BCUT2D eigenvalue weighted by Gasteiger charge is 2.17. The summed E-state index contributed by atoms with van der Waals surface area (Å²) in [5.74, 6) is 0.420. The normalized spacial score (nSPS) is 11.5. The number of rotatable bonds is 11. The second-order valence-electron chi connectivity index (χ2n) is 6.69. The number of ether oxygens (including phenoxy) is 1. The molecule has 27 heavy (non-hydrogen) atoms. The van der Waals surface area contributed by atoms with Gasteiger partial charge in [-0.2, -0.15) is 8.42 Å². The topological polar surface area (TPSA) is 83.8 Å². The zero-order valence-electron chi connectivity index (χ0n) is 15.7. The Morgan fingerprint density at radius 2 is 1.59 bits per heavy atom. The molecule has 0 amide bonds. The third-order valence-electron chi connectivity index (χ3n) is 4.46. The summed E-state index contributed by atoms with van der Waals surface area (Å²) < 4.78 is 38.7. The van der Waals surface area contributed by atoms with Gasteiger partial charge in [-0.25, -0.2) is 0 Å². The summed E-state index contributed by atoms with van der Waals surface area (Å²) in [6.07, 6.45) is 8.53. The van der Waals surface area contributed by atoms with Gasteiger partial charge in [-0.05, 0) is 36.6 Å². The van der Waals surface area contributed by atoms with Gasteiger partial charge in [0.2, 0.25) is 0 Å². The highest BCUT2D eigenvalue weighted by molar-refractivity contribution is 7.85. The lowest BCUT2D eigenvalue weighted by Crippen LogP contribution is -2.04. The Morgan fingerprint density at radius 1 is 0.926 bits per heavy atom. The number of phenols is 1. The predicted octanol–water partition coefficient (Wildman–Crippen LogP) is 5.72. The molecule has 6 heteroatoms. The van der Waals surface area contributed by atoms with Gasteiger partial charge in [0.1, 0.15) is 10.6 Å². The van der Waals surface area contributed by atoms with Crippen LogP contribution in [0.15, 0.2) is 47.4 Å². The van der Waals surface area contributed by atoms with Crippen molar-refractivity contribution in [2.45, 2.75) is 63.2 Å². The highest BCUT2D eigenvalue weighted by atomic mass is 32.2. The molecule has 0 unspecified atom stereocenters. The average molecular weight is 393 g/mol. The summed E-state index contributed by atoms with van der Waals surface area (Å²) in [6, 6.07) is 11.0. The molecule has 0 aliphatic heterocycles. The first kappa shape index (κ1) is 21.3. The first-order chi connectivity index (χ1) is 12.9. The van der Waals surface area contributed by atoms with E-state index in [0.717, 1.165) is 19.3 Å². The van der Waals surface area contributed by atoms with E-state index in [1.807, 2.05) is 0 Å². The van der Waals surface area contributed by atoms with Crippen molar-refractivity contribution in [3.8, 4) is 17.2 Å². The highest BCUT2D eigenvalue weighted by Crippen LogP contribution is 2.32. The van der Waals surface area contributed by atoms with Crippen LogP contribution in [0.3, 0.4) is 0 Å². The average Bonchev–Trinajstić information content (AvgIpc) is 2.63. The first-order valence-electron chi connectivity index (χ1n) is 9.48. The van der Waals surface area contributed by atoms with Gasteiger partial charge in [0, 0.05) is 6.07 Å². The number of hydrogen-bond acceptors (Lipinski definition) is 4. The number of aryl methyl sites for hydroxylation is 1. The third-order valence-corrected chi connectivity index (χ3v) is 5.40. The van der Waals surface area contributed by atoms with Crippen LogP contribution in [0.5, 0.6) is 17.2 Å². The van der Waals surface area contributed by atoms with E-state index in [2.05, 4.69) is 6.92 Å². The minimum Gasteiger partial charge on any atom is -0.504 e. The molecule has 0 saturated heterocycles. The smallest absolute Gasteiger partial charge is 0.294 e. The minimum absolute atomic E-state index is 0.0435. The van der Waals surface area contributed by atoms with Crippen LogP contribution in [0.2, 0.25) is 0 Å². The molecule has 5 nitrogen and oxygen atoms in total.